The highest BCUT2D eigenvalue weighted by Gasteiger charge is 2.43. The van der Waals surface area contributed by atoms with Crippen molar-refractivity contribution in [2.45, 2.75) is 30.8 Å². The Kier molecular flexibility index (Phi) is 3.03. The van der Waals surface area contributed by atoms with E-state index < -0.39 is 36.9 Å². The van der Waals surface area contributed by atoms with Crippen molar-refractivity contribution < 1.29 is 25.5 Å². The van der Waals surface area contributed by atoms with Gasteiger partial charge < -0.3 is 25.5 Å². The van der Waals surface area contributed by atoms with Crippen molar-refractivity contribution in [3.63, 3.8) is 0 Å². The Hall–Kier alpha value is -0.200. The van der Waals surface area contributed by atoms with Gasteiger partial charge >= 0.3 is 0 Å². The van der Waals surface area contributed by atoms with E-state index in [-0.39, 0.29) is 6.42 Å². The zero-order valence-electron chi connectivity index (χ0n) is 6.54. The molecule has 5 heteroatoms. The van der Waals surface area contributed by atoms with Crippen LogP contribution < -0.4 is 0 Å². The zero-order chi connectivity index (χ0) is 9.30. The molecule has 1 rings (SSSR count). The maximum atomic E-state index is 9.25. The van der Waals surface area contributed by atoms with E-state index in [4.69, 9.17) is 20.4 Å². The summed E-state index contributed by atoms with van der Waals surface area (Å²) >= 11 is 0. The lowest BCUT2D eigenvalue weighted by atomic mass is 9.99. The minimum Gasteiger partial charge on any atom is -0.394 e. The molecule has 0 bridgehead atoms. The molecular weight excluding hydrogens is 164 g/mol. The molecule has 1 fully saturated rings. The third-order valence-electron chi connectivity index (χ3n) is 2.38. The number of aliphatic hydroxyl groups excluding tert-OH is 5. The number of rotatable bonds is 2. The molecule has 5 atom stereocenters. The molecule has 1 saturated carbocycles. The Morgan fingerprint density at radius 1 is 1.17 bits per heavy atom. The molecule has 0 heterocycles. The first kappa shape index (κ1) is 9.88. The molecule has 0 unspecified atom stereocenters. The van der Waals surface area contributed by atoms with Gasteiger partial charge in [0.05, 0.1) is 24.9 Å². The molecule has 0 saturated heterocycles. The van der Waals surface area contributed by atoms with E-state index in [1.54, 1.807) is 0 Å². The molecule has 0 aromatic carbocycles. The quantitative estimate of drug-likeness (QED) is 0.320. The Balaban J connectivity index is 2.58. The molecule has 72 valence electrons. The molecule has 12 heavy (non-hydrogen) atoms. The molecular formula is C7H14O5. The third kappa shape index (κ3) is 1.60. The monoisotopic (exact) mass is 178 g/mol. The Bertz CT molecular complexity index is 151. The van der Waals surface area contributed by atoms with Gasteiger partial charge in [0, 0.05) is 5.92 Å². The molecule has 0 aromatic rings. The second kappa shape index (κ2) is 3.68. The summed E-state index contributed by atoms with van der Waals surface area (Å²) < 4.78 is 0. The molecule has 5 nitrogen and oxygen atoms in total. The zero-order valence-corrected chi connectivity index (χ0v) is 6.54. The lowest BCUT2D eigenvalue weighted by Crippen LogP contribution is -2.35. The molecule has 5 N–H and O–H groups in total. The summed E-state index contributed by atoms with van der Waals surface area (Å²) in [7, 11) is 0. The molecule has 1 aliphatic rings. The van der Waals surface area contributed by atoms with Crippen LogP contribution in [0.5, 0.6) is 0 Å². The topological polar surface area (TPSA) is 101 Å². The van der Waals surface area contributed by atoms with E-state index in [2.05, 4.69) is 0 Å². The standard InChI is InChI=1S/C7H14O5/c8-2-5(10)3-1-4(9)7(12)6(3)11/h3-12H,1-2H2/t3-,4+,5-,6-,7-/m0/s1. The second-order valence-electron chi connectivity index (χ2n) is 3.20. The maximum Gasteiger partial charge on any atom is 0.106 e. The van der Waals surface area contributed by atoms with Crippen LogP contribution in [-0.2, 0) is 0 Å². The van der Waals surface area contributed by atoms with Crippen LogP contribution in [0.1, 0.15) is 6.42 Å². The highest BCUT2D eigenvalue weighted by atomic mass is 16.4. The Morgan fingerprint density at radius 2 is 1.75 bits per heavy atom. The number of hydrogen-bond acceptors (Lipinski definition) is 5. The average molecular weight is 178 g/mol. The van der Waals surface area contributed by atoms with Gasteiger partial charge in [-0.3, -0.25) is 0 Å². The smallest absolute Gasteiger partial charge is 0.106 e. The van der Waals surface area contributed by atoms with E-state index in [0.29, 0.717) is 0 Å². The average Bonchev–Trinajstić information content (AvgIpc) is 2.32. The summed E-state index contributed by atoms with van der Waals surface area (Å²) in [6, 6.07) is 0. The first-order valence-corrected chi connectivity index (χ1v) is 3.91. The number of aliphatic hydroxyl groups is 5. The van der Waals surface area contributed by atoms with Crippen LogP contribution in [0.3, 0.4) is 0 Å². The fourth-order valence-corrected chi connectivity index (χ4v) is 1.56. The highest BCUT2D eigenvalue weighted by molar-refractivity contribution is 4.93. The summed E-state index contributed by atoms with van der Waals surface area (Å²) in [5.74, 6) is -0.639. The van der Waals surface area contributed by atoms with Crippen LogP contribution in [0, 0.1) is 5.92 Å². The van der Waals surface area contributed by atoms with Gasteiger partial charge in [-0.1, -0.05) is 0 Å². The summed E-state index contributed by atoms with van der Waals surface area (Å²) in [5.41, 5.74) is 0. The minimum absolute atomic E-state index is 0.115. The summed E-state index contributed by atoms with van der Waals surface area (Å²) in [6.45, 7) is -0.471. The molecule has 0 aliphatic heterocycles. The molecule has 0 spiro atoms. The van der Waals surface area contributed by atoms with Gasteiger partial charge in [-0.05, 0) is 6.42 Å². The van der Waals surface area contributed by atoms with Crippen LogP contribution in [0.15, 0.2) is 0 Å². The predicted octanol–water partition coefficient (Wildman–Crippen LogP) is -2.56. The van der Waals surface area contributed by atoms with E-state index >= 15 is 0 Å². The predicted molar refractivity (Wildman–Crippen MR) is 39.2 cm³/mol. The van der Waals surface area contributed by atoms with Crippen molar-refractivity contribution in [3.05, 3.63) is 0 Å². The van der Waals surface area contributed by atoms with Crippen LogP contribution in [0.25, 0.3) is 0 Å². The van der Waals surface area contributed by atoms with E-state index in [1.807, 2.05) is 0 Å². The second-order valence-corrected chi connectivity index (χ2v) is 3.20. The van der Waals surface area contributed by atoms with Crippen molar-refractivity contribution in [3.8, 4) is 0 Å². The highest BCUT2D eigenvalue weighted by Crippen LogP contribution is 2.29. The molecule has 0 aromatic heterocycles. The Labute approximate surface area is 69.9 Å². The Morgan fingerprint density at radius 3 is 2.08 bits per heavy atom. The lowest BCUT2D eigenvalue weighted by Gasteiger charge is -2.19. The van der Waals surface area contributed by atoms with Crippen molar-refractivity contribution in [1.29, 1.82) is 0 Å². The molecule has 0 radical (unpaired) electrons. The SMILES string of the molecule is OC[C@H](O)[C@@H]1C[C@@H](O)[C@H](O)[C@H]1O. The lowest BCUT2D eigenvalue weighted by molar-refractivity contribution is -0.0496. The van der Waals surface area contributed by atoms with Gasteiger partial charge in [-0.25, -0.2) is 0 Å². The van der Waals surface area contributed by atoms with Gasteiger partial charge in [0.25, 0.3) is 0 Å². The van der Waals surface area contributed by atoms with Crippen molar-refractivity contribution in [2.75, 3.05) is 6.61 Å². The largest absolute Gasteiger partial charge is 0.394 e. The van der Waals surface area contributed by atoms with Gasteiger partial charge in [-0.15, -0.1) is 0 Å². The maximum absolute atomic E-state index is 9.25. The first-order valence-electron chi connectivity index (χ1n) is 3.91. The number of hydrogen-bond donors (Lipinski definition) is 5. The van der Waals surface area contributed by atoms with E-state index in [1.165, 1.54) is 0 Å². The summed E-state index contributed by atoms with van der Waals surface area (Å²) in [5, 5.41) is 45.1. The van der Waals surface area contributed by atoms with Crippen LogP contribution in [0.2, 0.25) is 0 Å². The van der Waals surface area contributed by atoms with Gasteiger partial charge in [0.1, 0.15) is 6.10 Å². The fraction of sp³-hybridized carbons (Fsp3) is 1.00. The summed E-state index contributed by atoms with van der Waals surface area (Å²) in [4.78, 5) is 0. The third-order valence-corrected chi connectivity index (χ3v) is 2.38. The van der Waals surface area contributed by atoms with Crippen LogP contribution in [0.4, 0.5) is 0 Å². The van der Waals surface area contributed by atoms with Gasteiger partial charge in [0.15, 0.2) is 0 Å². The van der Waals surface area contributed by atoms with E-state index in [9.17, 15) is 5.11 Å². The minimum atomic E-state index is -1.21. The van der Waals surface area contributed by atoms with Gasteiger partial charge in [0.2, 0.25) is 0 Å². The molecule has 1 aliphatic carbocycles. The van der Waals surface area contributed by atoms with Crippen molar-refractivity contribution in [1.82, 2.24) is 0 Å². The normalized spacial score (nSPS) is 44.8. The van der Waals surface area contributed by atoms with Crippen molar-refractivity contribution >= 4 is 0 Å². The first-order chi connectivity index (χ1) is 5.57. The fourth-order valence-electron chi connectivity index (χ4n) is 1.56. The summed E-state index contributed by atoms with van der Waals surface area (Å²) in [6.07, 6.45) is -4.33. The van der Waals surface area contributed by atoms with Gasteiger partial charge in [-0.2, -0.15) is 0 Å². The van der Waals surface area contributed by atoms with Crippen LogP contribution in [-0.4, -0.2) is 56.6 Å². The molecule has 0 amide bonds. The van der Waals surface area contributed by atoms with Crippen molar-refractivity contribution in [2.24, 2.45) is 5.92 Å². The van der Waals surface area contributed by atoms with E-state index in [0.717, 1.165) is 0 Å². The van der Waals surface area contributed by atoms with Crippen LogP contribution >= 0.6 is 0 Å².